The molecule has 3 rings (SSSR count). The molecule has 114 valence electrons. The van der Waals surface area contributed by atoms with Crippen molar-refractivity contribution in [3.05, 3.63) is 0 Å². The molecule has 3 unspecified atom stereocenters. The van der Waals surface area contributed by atoms with E-state index < -0.39 is 5.54 Å². The molecule has 1 aliphatic heterocycles. The molecule has 5 heteroatoms. The van der Waals surface area contributed by atoms with Crippen molar-refractivity contribution < 1.29 is 19.0 Å². The normalized spacial score (nSPS) is 37.2. The molecule has 1 saturated heterocycles. The van der Waals surface area contributed by atoms with Crippen molar-refractivity contribution in [3.8, 4) is 0 Å². The number of rotatable bonds is 6. The summed E-state index contributed by atoms with van der Waals surface area (Å²) in [7, 11) is 1.47. The van der Waals surface area contributed by atoms with Crippen LogP contribution in [0.5, 0.6) is 0 Å². The first-order chi connectivity index (χ1) is 9.72. The Morgan fingerprint density at radius 3 is 2.85 bits per heavy atom. The van der Waals surface area contributed by atoms with Gasteiger partial charge in [0.2, 0.25) is 0 Å². The zero-order valence-corrected chi connectivity index (χ0v) is 12.2. The third-order valence-corrected chi connectivity index (χ3v) is 4.69. The predicted molar refractivity (Wildman–Crippen MR) is 73.4 cm³/mol. The summed E-state index contributed by atoms with van der Waals surface area (Å²) in [5, 5.41) is 3.50. The lowest BCUT2D eigenvalue weighted by atomic mass is 9.97. The molecule has 0 amide bonds. The second kappa shape index (κ2) is 6.00. The largest absolute Gasteiger partial charge is 0.468 e. The minimum absolute atomic E-state index is 0.125. The number of esters is 1. The Morgan fingerprint density at radius 1 is 1.35 bits per heavy atom. The highest BCUT2D eigenvalue weighted by atomic mass is 16.5. The van der Waals surface area contributed by atoms with Gasteiger partial charge >= 0.3 is 5.97 Å². The molecule has 2 saturated carbocycles. The molecule has 3 fully saturated rings. The number of hydrogen-bond acceptors (Lipinski definition) is 5. The van der Waals surface area contributed by atoms with Crippen LogP contribution in [0.2, 0.25) is 0 Å². The van der Waals surface area contributed by atoms with Crippen molar-refractivity contribution in [3.63, 3.8) is 0 Å². The molecule has 0 aromatic heterocycles. The van der Waals surface area contributed by atoms with Crippen molar-refractivity contribution in [1.82, 2.24) is 5.32 Å². The summed E-state index contributed by atoms with van der Waals surface area (Å²) < 4.78 is 16.4. The molecular formula is C15H25NO4. The van der Waals surface area contributed by atoms with Gasteiger partial charge in [-0.15, -0.1) is 0 Å². The minimum atomic E-state index is -0.507. The lowest BCUT2D eigenvalue weighted by molar-refractivity contribution is -0.149. The molecule has 0 aromatic carbocycles. The van der Waals surface area contributed by atoms with E-state index in [1.165, 1.54) is 20.0 Å². The zero-order chi connectivity index (χ0) is 14.0. The minimum Gasteiger partial charge on any atom is -0.468 e. The molecule has 3 aliphatic rings. The maximum absolute atomic E-state index is 12.1. The summed E-state index contributed by atoms with van der Waals surface area (Å²) in [5.74, 6) is 0.402. The Morgan fingerprint density at radius 2 is 2.20 bits per heavy atom. The van der Waals surface area contributed by atoms with Gasteiger partial charge in [0.1, 0.15) is 5.54 Å². The summed E-state index contributed by atoms with van der Waals surface area (Å²) in [6.45, 7) is 2.43. The van der Waals surface area contributed by atoms with Crippen LogP contribution in [-0.2, 0) is 19.0 Å². The van der Waals surface area contributed by atoms with Gasteiger partial charge < -0.3 is 14.2 Å². The van der Waals surface area contributed by atoms with Crippen molar-refractivity contribution in [2.75, 3.05) is 26.9 Å². The van der Waals surface area contributed by atoms with Crippen LogP contribution in [0.3, 0.4) is 0 Å². The molecule has 0 aromatic rings. The second-order valence-electron chi connectivity index (χ2n) is 6.42. The molecule has 20 heavy (non-hydrogen) atoms. The van der Waals surface area contributed by atoms with Crippen molar-refractivity contribution in [1.29, 1.82) is 0 Å². The summed E-state index contributed by atoms with van der Waals surface area (Å²) in [6.07, 6.45) is 6.09. The van der Waals surface area contributed by atoms with Crippen LogP contribution in [0.1, 0.15) is 38.5 Å². The van der Waals surface area contributed by atoms with Crippen LogP contribution in [0.4, 0.5) is 0 Å². The van der Waals surface area contributed by atoms with Crippen LogP contribution in [-0.4, -0.2) is 50.6 Å². The molecule has 0 spiro atoms. The third kappa shape index (κ3) is 3.15. The third-order valence-electron chi connectivity index (χ3n) is 4.69. The summed E-state index contributed by atoms with van der Waals surface area (Å²) in [6, 6.07) is 0.496. The van der Waals surface area contributed by atoms with Gasteiger partial charge in [0.05, 0.1) is 26.4 Å². The number of methoxy groups -OCH3 is 1. The average molecular weight is 283 g/mol. The standard InChI is InChI=1S/C15H25NO4/c1-18-14(17)15(16-12-2-3-12)6-4-13(8-15)20-10-11-5-7-19-9-11/h11-13,16H,2-10H2,1H3. The van der Waals surface area contributed by atoms with Crippen LogP contribution >= 0.6 is 0 Å². The molecule has 0 radical (unpaired) electrons. The van der Waals surface area contributed by atoms with Gasteiger partial charge in [-0.25, -0.2) is 0 Å². The monoisotopic (exact) mass is 283 g/mol. The van der Waals surface area contributed by atoms with Crippen LogP contribution < -0.4 is 5.32 Å². The quantitative estimate of drug-likeness (QED) is 0.744. The van der Waals surface area contributed by atoms with Gasteiger partial charge in [0.25, 0.3) is 0 Å². The van der Waals surface area contributed by atoms with Crippen LogP contribution in [0, 0.1) is 5.92 Å². The van der Waals surface area contributed by atoms with Gasteiger partial charge in [0.15, 0.2) is 0 Å². The van der Waals surface area contributed by atoms with E-state index in [9.17, 15) is 4.79 Å². The Balaban J connectivity index is 1.52. The maximum atomic E-state index is 12.1. The van der Waals surface area contributed by atoms with E-state index >= 15 is 0 Å². The van der Waals surface area contributed by atoms with E-state index in [0.717, 1.165) is 45.5 Å². The summed E-state index contributed by atoms with van der Waals surface area (Å²) >= 11 is 0. The van der Waals surface area contributed by atoms with E-state index in [-0.39, 0.29) is 12.1 Å². The summed E-state index contributed by atoms with van der Waals surface area (Å²) in [4.78, 5) is 12.1. The predicted octanol–water partition coefficient (Wildman–Crippen LogP) is 1.26. The van der Waals surface area contributed by atoms with Crippen LogP contribution in [0.25, 0.3) is 0 Å². The van der Waals surface area contributed by atoms with E-state index in [4.69, 9.17) is 14.2 Å². The van der Waals surface area contributed by atoms with E-state index in [2.05, 4.69) is 5.32 Å². The topological polar surface area (TPSA) is 56.8 Å². The molecular weight excluding hydrogens is 258 g/mol. The molecule has 5 nitrogen and oxygen atoms in total. The maximum Gasteiger partial charge on any atom is 0.326 e. The van der Waals surface area contributed by atoms with Crippen molar-refractivity contribution in [2.24, 2.45) is 5.92 Å². The molecule has 1 heterocycles. The lowest BCUT2D eigenvalue weighted by Gasteiger charge is -2.28. The first-order valence-electron chi connectivity index (χ1n) is 7.77. The smallest absolute Gasteiger partial charge is 0.326 e. The molecule has 1 N–H and O–H groups in total. The molecule has 0 bridgehead atoms. The Labute approximate surface area is 120 Å². The fraction of sp³-hybridized carbons (Fsp3) is 0.933. The van der Waals surface area contributed by atoms with E-state index in [1.54, 1.807) is 0 Å². The fourth-order valence-corrected chi connectivity index (χ4v) is 3.32. The average Bonchev–Trinajstić information content (AvgIpc) is 2.95. The van der Waals surface area contributed by atoms with Gasteiger partial charge in [-0.05, 0) is 32.1 Å². The SMILES string of the molecule is COC(=O)C1(NC2CC2)CCC(OCC2CCOC2)C1. The number of carbonyl (C=O) groups excluding carboxylic acids is 1. The molecule has 3 atom stereocenters. The number of hydrogen-bond donors (Lipinski definition) is 1. The highest BCUT2D eigenvalue weighted by Gasteiger charge is 2.49. The van der Waals surface area contributed by atoms with E-state index in [1.807, 2.05) is 0 Å². The van der Waals surface area contributed by atoms with Crippen molar-refractivity contribution in [2.45, 2.75) is 56.2 Å². The van der Waals surface area contributed by atoms with Gasteiger partial charge in [-0.2, -0.15) is 0 Å². The molecule has 2 aliphatic carbocycles. The Hall–Kier alpha value is -0.650. The Kier molecular flexibility index (Phi) is 4.29. The first kappa shape index (κ1) is 14.3. The second-order valence-corrected chi connectivity index (χ2v) is 6.42. The van der Waals surface area contributed by atoms with E-state index in [0.29, 0.717) is 12.0 Å². The number of ether oxygens (including phenoxy) is 3. The fourth-order valence-electron chi connectivity index (χ4n) is 3.32. The lowest BCUT2D eigenvalue weighted by Crippen LogP contribution is -2.52. The number of carbonyl (C=O) groups is 1. The van der Waals surface area contributed by atoms with Gasteiger partial charge in [0, 0.05) is 25.0 Å². The van der Waals surface area contributed by atoms with Gasteiger partial charge in [-0.3, -0.25) is 10.1 Å². The summed E-state index contributed by atoms with van der Waals surface area (Å²) in [5.41, 5.74) is -0.507. The number of nitrogens with one attached hydrogen (secondary N) is 1. The Bertz CT molecular complexity index is 352. The van der Waals surface area contributed by atoms with Crippen LogP contribution in [0.15, 0.2) is 0 Å². The first-order valence-corrected chi connectivity index (χ1v) is 7.77. The highest BCUT2D eigenvalue weighted by molar-refractivity contribution is 5.81. The van der Waals surface area contributed by atoms with Crippen molar-refractivity contribution >= 4 is 5.97 Å². The highest BCUT2D eigenvalue weighted by Crippen LogP contribution is 2.36. The van der Waals surface area contributed by atoms with Gasteiger partial charge in [-0.1, -0.05) is 0 Å². The zero-order valence-electron chi connectivity index (χ0n) is 12.2.